The lowest BCUT2D eigenvalue weighted by molar-refractivity contribution is -0.144. The molecule has 59 heavy (non-hydrogen) atoms. The van der Waals surface area contributed by atoms with Gasteiger partial charge in [0, 0.05) is 41.5 Å². The second-order valence-corrected chi connectivity index (χ2v) is 13.3. The highest BCUT2D eigenvalue weighted by atomic mass is 79.9. The number of hydrogen-bond donors (Lipinski definition) is 3. The maximum atomic E-state index is 13.9. The number of amides is 1. The standard InChI is InChI=1S/C23H24FN3O4.C15H18FN3O2.C2H4O2.BrH.2H2S/c1-2-30-21(28)13-27-18-9-8-16(12-17(18)22-19(27)10-11-20(24)26-22)25-23(29)31-14-15-6-4-3-5-7-15;1-2-21-14(20)8-19-11-4-3-9(17)7-10(11)15-12(19)5-6-13(16)18-15;1-2(3)4;;;/h3-7,10-11,16H,2,8-9,12-14H2,1H3,(H,25,29);5-6,9H,2-4,7-8,17H2,1H3;1H3,(H,3,4);1H;2*1H2/t16-;9-;;;;/m00..../s1. The topological polar surface area (TPSA) is 190 Å². The molecule has 0 saturated carbocycles. The molecule has 0 radical (unpaired) electrons. The molecule has 2 atom stereocenters. The summed E-state index contributed by atoms with van der Waals surface area (Å²) in [5, 5.41) is 10.3. The third-order valence-corrected chi connectivity index (χ3v) is 9.30. The highest BCUT2D eigenvalue weighted by Crippen LogP contribution is 2.33. The molecule has 4 aromatic heterocycles. The molecule has 0 bridgehead atoms. The van der Waals surface area contributed by atoms with E-state index in [-0.39, 0.29) is 87.7 Å². The van der Waals surface area contributed by atoms with Gasteiger partial charge in [0.25, 0.3) is 5.97 Å². The minimum atomic E-state index is -0.833. The molecule has 1 aromatic carbocycles. The van der Waals surface area contributed by atoms with Gasteiger partial charge in [-0.05, 0) is 82.2 Å². The second kappa shape index (κ2) is 23.8. The van der Waals surface area contributed by atoms with Gasteiger partial charge in [-0.2, -0.15) is 35.8 Å². The number of carboxylic acid groups (broad SMARTS) is 1. The van der Waals surface area contributed by atoms with E-state index in [1.807, 2.05) is 39.5 Å². The number of nitrogens with zero attached hydrogens (tertiary/aromatic N) is 4. The molecule has 4 heterocycles. The Labute approximate surface area is 364 Å². The quantitative estimate of drug-likeness (QED) is 0.0898. The first-order valence-corrected chi connectivity index (χ1v) is 18.4. The molecule has 0 fully saturated rings. The summed E-state index contributed by atoms with van der Waals surface area (Å²) in [5.74, 6) is -2.58. The first kappa shape index (κ1) is 50.4. The first-order valence-electron chi connectivity index (χ1n) is 18.4. The van der Waals surface area contributed by atoms with E-state index in [9.17, 15) is 23.2 Å². The van der Waals surface area contributed by atoms with Crippen molar-refractivity contribution in [1.82, 2.24) is 24.4 Å². The third kappa shape index (κ3) is 13.4. The third-order valence-electron chi connectivity index (χ3n) is 9.30. The molecule has 0 saturated heterocycles. The van der Waals surface area contributed by atoms with E-state index in [0.29, 0.717) is 55.4 Å². The van der Waals surface area contributed by atoms with Crippen LogP contribution >= 0.6 is 44.0 Å². The fourth-order valence-electron chi connectivity index (χ4n) is 7.06. The Morgan fingerprint density at radius 3 is 1.75 bits per heavy atom. The van der Waals surface area contributed by atoms with E-state index in [0.717, 1.165) is 53.4 Å². The zero-order valence-corrected chi connectivity index (χ0v) is 36.7. The van der Waals surface area contributed by atoms with Crippen molar-refractivity contribution in [3.8, 4) is 0 Å². The summed E-state index contributed by atoms with van der Waals surface area (Å²) in [6, 6.07) is 15.2. The number of carbonyl (C=O) groups is 4. The number of hydrogen-bond acceptors (Lipinski definition) is 10. The van der Waals surface area contributed by atoms with E-state index in [1.165, 1.54) is 12.1 Å². The normalized spacial score (nSPS) is 14.8. The molecule has 0 unspecified atom stereocenters. The fourth-order valence-corrected chi connectivity index (χ4v) is 7.06. The minimum Gasteiger partial charge on any atom is -0.481 e. The van der Waals surface area contributed by atoms with E-state index in [1.54, 1.807) is 26.0 Å². The van der Waals surface area contributed by atoms with Gasteiger partial charge in [0.1, 0.15) is 19.7 Å². The molecule has 0 spiro atoms. The maximum Gasteiger partial charge on any atom is 0.407 e. The van der Waals surface area contributed by atoms with Crippen LogP contribution in [0, 0.1) is 11.9 Å². The van der Waals surface area contributed by atoms with Crippen molar-refractivity contribution in [1.29, 1.82) is 0 Å². The molecule has 322 valence electrons. The van der Waals surface area contributed by atoms with Crippen molar-refractivity contribution < 1.29 is 47.3 Å². The average Bonchev–Trinajstić information content (AvgIpc) is 3.61. The number of nitrogens with two attached hydrogens (primary N) is 1. The molecule has 2 aliphatic carbocycles. The van der Waals surface area contributed by atoms with Crippen LogP contribution in [0.3, 0.4) is 0 Å². The molecular weight excluding hydrogens is 875 g/mol. The van der Waals surface area contributed by atoms with Crippen LogP contribution in [0.1, 0.15) is 61.7 Å². The number of fused-ring (bicyclic) bond motifs is 6. The van der Waals surface area contributed by atoms with Gasteiger partial charge >= 0.3 is 18.0 Å². The van der Waals surface area contributed by atoms with Crippen LogP contribution in [0.25, 0.3) is 22.1 Å². The van der Waals surface area contributed by atoms with E-state index < -0.39 is 24.0 Å². The van der Waals surface area contributed by atoms with Gasteiger partial charge in [-0.15, -0.1) is 17.0 Å². The molecular formula is C40H51BrF2N6O8S2. The maximum absolute atomic E-state index is 13.9. The number of nitrogens with one attached hydrogen (secondary N) is 1. The van der Waals surface area contributed by atoms with Gasteiger partial charge in [-0.1, -0.05) is 30.3 Å². The SMILES string of the molecule is Br.CC(=O)O.CCOC(=O)Cn1c2c(c3nc(F)ccc31)C[C@@H](N)CC2.CCOC(=O)Cn1c2c(c3nc(F)ccc31)C[C@@H](NC(=O)OCc1ccccc1)CC2.S.S. The number of halogens is 3. The molecule has 5 aromatic rings. The van der Waals surface area contributed by atoms with Gasteiger partial charge in [-0.25, -0.2) is 14.8 Å². The number of alkyl carbamates (subject to hydrolysis) is 1. The minimum absolute atomic E-state index is 0. The number of aromatic nitrogens is 4. The molecule has 2 aliphatic rings. The molecule has 7 rings (SSSR count). The number of aliphatic carboxylic acids is 1. The number of carbonyl (C=O) groups excluding carboxylic acids is 3. The van der Waals surface area contributed by atoms with Crippen molar-refractivity contribution in [3.63, 3.8) is 0 Å². The van der Waals surface area contributed by atoms with Crippen LogP contribution in [0.4, 0.5) is 13.6 Å². The molecule has 14 nitrogen and oxygen atoms in total. The van der Waals surface area contributed by atoms with Crippen molar-refractivity contribution in [2.75, 3.05) is 13.2 Å². The van der Waals surface area contributed by atoms with Crippen molar-refractivity contribution in [3.05, 3.63) is 94.6 Å². The Morgan fingerprint density at radius 1 is 0.780 bits per heavy atom. The average molecular weight is 926 g/mol. The van der Waals surface area contributed by atoms with E-state index >= 15 is 0 Å². The monoisotopic (exact) mass is 924 g/mol. The fraction of sp³-hybridized carbons (Fsp3) is 0.400. The van der Waals surface area contributed by atoms with Crippen LogP contribution < -0.4 is 11.1 Å². The summed E-state index contributed by atoms with van der Waals surface area (Å²) in [6.45, 7) is 5.62. The van der Waals surface area contributed by atoms with E-state index in [2.05, 4.69) is 15.3 Å². The highest BCUT2D eigenvalue weighted by molar-refractivity contribution is 8.93. The Balaban J connectivity index is 0.000000375. The van der Waals surface area contributed by atoms with Crippen molar-refractivity contribution in [2.45, 2.75) is 91.1 Å². The largest absolute Gasteiger partial charge is 0.481 e. The molecule has 1 amide bonds. The Hall–Kier alpha value is -4.72. The van der Waals surface area contributed by atoms with Gasteiger partial charge in [0.15, 0.2) is 0 Å². The van der Waals surface area contributed by atoms with Crippen LogP contribution in [0.5, 0.6) is 0 Å². The lowest BCUT2D eigenvalue weighted by atomic mass is 9.92. The predicted octanol–water partition coefficient (Wildman–Crippen LogP) is 5.97. The summed E-state index contributed by atoms with van der Waals surface area (Å²) in [7, 11) is 0. The summed E-state index contributed by atoms with van der Waals surface area (Å²) in [4.78, 5) is 53.2. The van der Waals surface area contributed by atoms with Crippen LogP contribution in [0.15, 0.2) is 54.6 Å². The van der Waals surface area contributed by atoms with Crippen molar-refractivity contribution >= 4 is 90.0 Å². The first-order chi connectivity index (χ1) is 26.9. The predicted molar refractivity (Wildman–Crippen MR) is 233 cm³/mol. The van der Waals surface area contributed by atoms with Gasteiger partial charge in [-0.3, -0.25) is 14.4 Å². The Kier molecular flexibility index (Phi) is 20.3. The number of rotatable bonds is 9. The lowest BCUT2D eigenvalue weighted by Crippen LogP contribution is -2.39. The zero-order chi connectivity index (χ0) is 40.4. The summed E-state index contributed by atoms with van der Waals surface area (Å²) < 4.78 is 46.5. The smallest absolute Gasteiger partial charge is 0.407 e. The van der Waals surface area contributed by atoms with Crippen LogP contribution in [-0.2, 0) is 74.0 Å². The number of benzene rings is 1. The second-order valence-electron chi connectivity index (χ2n) is 13.3. The summed E-state index contributed by atoms with van der Waals surface area (Å²) in [5.41, 5.74) is 13.3. The lowest BCUT2D eigenvalue weighted by Gasteiger charge is -2.24. The molecule has 4 N–H and O–H groups in total. The van der Waals surface area contributed by atoms with Gasteiger partial charge in [0.05, 0.1) is 35.3 Å². The summed E-state index contributed by atoms with van der Waals surface area (Å²) >= 11 is 0. The molecule has 0 aliphatic heterocycles. The van der Waals surface area contributed by atoms with Gasteiger partial charge in [0.2, 0.25) is 11.9 Å². The number of esters is 2. The van der Waals surface area contributed by atoms with E-state index in [4.69, 9.17) is 29.8 Å². The number of pyridine rings is 2. The zero-order valence-electron chi connectivity index (χ0n) is 33.0. The summed E-state index contributed by atoms with van der Waals surface area (Å²) in [6.07, 6.45) is 3.58. The number of carboxylic acids is 1. The van der Waals surface area contributed by atoms with Crippen LogP contribution in [-0.4, -0.2) is 73.5 Å². The highest BCUT2D eigenvalue weighted by Gasteiger charge is 2.29. The number of ether oxygens (including phenoxy) is 3. The Morgan fingerprint density at radius 2 is 1.25 bits per heavy atom. The van der Waals surface area contributed by atoms with Gasteiger partial charge < -0.3 is 39.5 Å². The Bertz CT molecular complexity index is 2200. The van der Waals surface area contributed by atoms with Crippen LogP contribution in [0.2, 0.25) is 0 Å². The van der Waals surface area contributed by atoms with Crippen molar-refractivity contribution in [2.24, 2.45) is 5.73 Å². The molecule has 19 heteroatoms.